The fourth-order valence-corrected chi connectivity index (χ4v) is 6.09. The van der Waals surface area contributed by atoms with Crippen molar-refractivity contribution >= 4 is 11.8 Å². The van der Waals surface area contributed by atoms with Gasteiger partial charge in [-0.15, -0.1) is 0 Å². The molecule has 3 saturated carbocycles. The fraction of sp³-hybridized carbons (Fsp3) is 0.750. The van der Waals surface area contributed by atoms with E-state index in [2.05, 4.69) is 24.5 Å². The van der Waals surface area contributed by atoms with Crippen LogP contribution in [0.2, 0.25) is 0 Å². The van der Waals surface area contributed by atoms with E-state index in [1.54, 1.807) is 12.3 Å². The quantitative estimate of drug-likeness (QED) is 0.664. The zero-order chi connectivity index (χ0) is 21.5. The first-order valence-corrected chi connectivity index (χ1v) is 11.6. The summed E-state index contributed by atoms with van der Waals surface area (Å²) >= 11 is 0. The maximum absolute atomic E-state index is 12.8. The minimum atomic E-state index is -0.538. The summed E-state index contributed by atoms with van der Waals surface area (Å²) in [5.41, 5.74) is 0.0699. The molecule has 0 aromatic carbocycles. The maximum Gasteiger partial charge on any atom is 0.223 e. The molecule has 3 fully saturated rings. The number of hydrogen-bond acceptors (Lipinski definition) is 4. The third kappa shape index (κ3) is 4.16. The molecule has 6 nitrogen and oxygen atoms in total. The number of nitrogens with one attached hydrogen (secondary N) is 2. The molecule has 0 saturated heterocycles. The standard InChI is InChI=1S/C24H36N2O4/c1-14(22(28)25-13-17-5-4-12-30-17)18-8-10-24(3)11-9-19(15(2)20(24)21(18)27)26-23(29)16-6-7-16/h4-5,12,14-16,18-21,27H,6-11,13H2,1-3H3,(H,25,28)(H,26,29). The largest absolute Gasteiger partial charge is 0.467 e. The number of carbonyl (C=O) groups is 2. The molecule has 0 spiro atoms. The van der Waals surface area contributed by atoms with Crippen molar-refractivity contribution in [3.8, 4) is 0 Å². The van der Waals surface area contributed by atoms with Crippen LogP contribution >= 0.6 is 0 Å². The van der Waals surface area contributed by atoms with Crippen molar-refractivity contribution in [1.82, 2.24) is 10.6 Å². The molecule has 3 aliphatic rings. The van der Waals surface area contributed by atoms with E-state index < -0.39 is 6.10 Å². The summed E-state index contributed by atoms with van der Waals surface area (Å²) < 4.78 is 5.29. The third-order valence-electron chi connectivity index (χ3n) is 8.24. The zero-order valence-electron chi connectivity index (χ0n) is 18.4. The van der Waals surface area contributed by atoms with Crippen molar-refractivity contribution in [2.75, 3.05) is 0 Å². The van der Waals surface area contributed by atoms with Gasteiger partial charge in [0, 0.05) is 17.9 Å². The molecule has 3 aliphatic carbocycles. The highest BCUT2D eigenvalue weighted by atomic mass is 16.3. The second-order valence-corrected chi connectivity index (χ2v) is 10.2. The van der Waals surface area contributed by atoms with Crippen LogP contribution < -0.4 is 10.6 Å². The van der Waals surface area contributed by atoms with Crippen LogP contribution in [0.1, 0.15) is 65.1 Å². The molecule has 0 bridgehead atoms. The van der Waals surface area contributed by atoms with E-state index in [4.69, 9.17) is 4.42 Å². The van der Waals surface area contributed by atoms with Gasteiger partial charge in [-0.1, -0.05) is 20.8 Å². The van der Waals surface area contributed by atoms with Gasteiger partial charge in [-0.3, -0.25) is 9.59 Å². The number of rotatable bonds is 6. The molecule has 1 aromatic rings. The Hall–Kier alpha value is -1.82. The van der Waals surface area contributed by atoms with Crippen molar-refractivity contribution in [2.24, 2.45) is 35.0 Å². The number of hydrogen-bond donors (Lipinski definition) is 3. The Bertz CT molecular complexity index is 759. The molecule has 30 heavy (non-hydrogen) atoms. The van der Waals surface area contributed by atoms with Gasteiger partial charge in [0.15, 0.2) is 0 Å². The highest BCUT2D eigenvalue weighted by molar-refractivity contribution is 5.81. The van der Waals surface area contributed by atoms with Gasteiger partial charge in [-0.2, -0.15) is 0 Å². The normalized spacial score (nSPS) is 37.1. The molecule has 7 atom stereocenters. The van der Waals surface area contributed by atoms with Gasteiger partial charge >= 0.3 is 0 Å². The average Bonchev–Trinajstić information content (AvgIpc) is 3.44. The monoisotopic (exact) mass is 416 g/mol. The first-order valence-electron chi connectivity index (χ1n) is 11.6. The van der Waals surface area contributed by atoms with Gasteiger partial charge in [0.2, 0.25) is 11.8 Å². The molecule has 0 aliphatic heterocycles. The molecule has 166 valence electrons. The van der Waals surface area contributed by atoms with Gasteiger partial charge in [0.1, 0.15) is 5.76 Å². The minimum absolute atomic E-state index is 0.0406. The van der Waals surface area contributed by atoms with Gasteiger partial charge < -0.3 is 20.2 Å². The van der Waals surface area contributed by atoms with Crippen molar-refractivity contribution in [3.63, 3.8) is 0 Å². The van der Waals surface area contributed by atoms with Crippen molar-refractivity contribution < 1.29 is 19.1 Å². The molecule has 4 rings (SSSR count). The average molecular weight is 417 g/mol. The summed E-state index contributed by atoms with van der Waals surface area (Å²) in [7, 11) is 0. The second kappa shape index (κ2) is 8.37. The highest BCUT2D eigenvalue weighted by Gasteiger charge is 2.54. The van der Waals surface area contributed by atoms with Crippen LogP contribution in [0.15, 0.2) is 22.8 Å². The van der Waals surface area contributed by atoms with E-state index >= 15 is 0 Å². The Labute approximate surface area is 179 Å². The number of carbonyl (C=O) groups excluding carboxylic acids is 2. The van der Waals surface area contributed by atoms with E-state index in [1.807, 2.05) is 13.0 Å². The predicted octanol–water partition coefficient (Wildman–Crippen LogP) is 3.25. The molecular weight excluding hydrogens is 380 g/mol. The van der Waals surface area contributed by atoms with E-state index in [-0.39, 0.29) is 52.9 Å². The molecule has 1 heterocycles. The van der Waals surface area contributed by atoms with Crippen molar-refractivity contribution in [2.45, 2.75) is 78.0 Å². The van der Waals surface area contributed by atoms with E-state index in [9.17, 15) is 14.7 Å². The van der Waals surface area contributed by atoms with Crippen molar-refractivity contribution in [3.05, 3.63) is 24.2 Å². The minimum Gasteiger partial charge on any atom is -0.467 e. The van der Waals surface area contributed by atoms with Gasteiger partial charge in [0.25, 0.3) is 0 Å². The van der Waals surface area contributed by atoms with Crippen molar-refractivity contribution in [1.29, 1.82) is 0 Å². The molecule has 1 aromatic heterocycles. The number of aliphatic hydroxyl groups is 1. The first-order chi connectivity index (χ1) is 14.3. The summed E-state index contributed by atoms with van der Waals surface area (Å²) in [5.74, 6) is 1.02. The van der Waals surface area contributed by atoms with Crippen LogP contribution in [-0.2, 0) is 16.1 Å². The maximum atomic E-state index is 12.8. The lowest BCUT2D eigenvalue weighted by Gasteiger charge is -2.56. The molecule has 7 unspecified atom stereocenters. The first kappa shape index (κ1) is 21.4. The van der Waals surface area contributed by atoms with Crippen LogP contribution in [0, 0.1) is 35.0 Å². The Morgan fingerprint density at radius 1 is 1.27 bits per heavy atom. The lowest BCUT2D eigenvalue weighted by Crippen LogP contribution is -2.58. The number of amides is 2. The molecular formula is C24H36N2O4. The van der Waals surface area contributed by atoms with Crippen LogP contribution in [0.25, 0.3) is 0 Å². The molecule has 3 N–H and O–H groups in total. The zero-order valence-corrected chi connectivity index (χ0v) is 18.4. The number of aliphatic hydroxyl groups excluding tert-OH is 1. The number of furan rings is 1. The molecule has 0 radical (unpaired) electrons. The van der Waals surface area contributed by atoms with E-state index in [0.717, 1.165) is 44.3 Å². The van der Waals surface area contributed by atoms with Gasteiger partial charge in [-0.25, -0.2) is 0 Å². The van der Waals surface area contributed by atoms with Crippen LogP contribution in [0.3, 0.4) is 0 Å². The van der Waals surface area contributed by atoms with Gasteiger partial charge in [0.05, 0.1) is 18.9 Å². The third-order valence-corrected chi connectivity index (χ3v) is 8.24. The summed E-state index contributed by atoms with van der Waals surface area (Å²) in [4.78, 5) is 25.1. The van der Waals surface area contributed by atoms with Crippen LogP contribution in [-0.4, -0.2) is 29.1 Å². The lowest BCUT2D eigenvalue weighted by molar-refractivity contribution is -0.144. The summed E-state index contributed by atoms with van der Waals surface area (Å²) in [6.45, 7) is 6.75. The summed E-state index contributed by atoms with van der Waals surface area (Å²) in [6.07, 6.45) is 6.93. The molecule has 2 amide bonds. The van der Waals surface area contributed by atoms with Gasteiger partial charge in [-0.05, 0) is 73.8 Å². The lowest BCUT2D eigenvalue weighted by atomic mass is 9.51. The van der Waals surface area contributed by atoms with Crippen LogP contribution in [0.5, 0.6) is 0 Å². The smallest absolute Gasteiger partial charge is 0.223 e. The SMILES string of the molecule is CC(C(=O)NCc1ccco1)C1CCC2(C)CCC(NC(=O)C3CC3)C(C)C2C1O. The highest BCUT2D eigenvalue weighted by Crippen LogP contribution is 2.55. The Morgan fingerprint density at radius 3 is 2.67 bits per heavy atom. The number of fused-ring (bicyclic) bond motifs is 1. The Morgan fingerprint density at radius 2 is 2.00 bits per heavy atom. The second-order valence-electron chi connectivity index (χ2n) is 10.2. The topological polar surface area (TPSA) is 91.6 Å². The predicted molar refractivity (Wildman–Crippen MR) is 113 cm³/mol. The Kier molecular flexibility index (Phi) is 5.97. The fourth-order valence-electron chi connectivity index (χ4n) is 6.09. The van der Waals surface area contributed by atoms with E-state index in [0.29, 0.717) is 6.54 Å². The Balaban J connectivity index is 1.41. The van der Waals surface area contributed by atoms with E-state index in [1.165, 1.54) is 0 Å². The summed E-state index contributed by atoms with van der Waals surface area (Å²) in [5, 5.41) is 17.6. The summed E-state index contributed by atoms with van der Waals surface area (Å²) in [6, 6.07) is 3.76. The van der Waals surface area contributed by atoms with Crippen LogP contribution in [0.4, 0.5) is 0 Å². The molecule has 6 heteroatoms.